The van der Waals surface area contributed by atoms with Gasteiger partial charge in [0.1, 0.15) is 6.61 Å². The highest BCUT2D eigenvalue weighted by atomic mass is 16.6. The summed E-state index contributed by atoms with van der Waals surface area (Å²) in [5, 5.41) is 0. The smallest absolute Gasteiger partial charge is 0.306 e. The molecule has 0 aliphatic rings. The number of esters is 2. The average Bonchev–Trinajstić information content (AvgIpc) is 3.22. The number of hydrogen-bond acceptors (Lipinski definition) is 5. The van der Waals surface area contributed by atoms with E-state index in [0.29, 0.717) is 19.4 Å². The second-order valence-corrected chi connectivity index (χ2v) is 15.6. The molecule has 0 spiro atoms. The molecule has 0 heterocycles. The van der Waals surface area contributed by atoms with Crippen LogP contribution in [0.15, 0.2) is 85.1 Å². The molecule has 0 saturated heterocycles. The molecule has 0 aromatic heterocycles. The van der Waals surface area contributed by atoms with E-state index in [2.05, 4.69) is 106 Å². The normalized spacial score (nSPS) is 12.9. The first-order valence-corrected chi connectivity index (χ1v) is 24.1. The largest absolute Gasteiger partial charge is 0.462 e. The van der Waals surface area contributed by atoms with Gasteiger partial charge in [-0.2, -0.15) is 0 Å². The molecule has 0 aromatic rings. The van der Waals surface area contributed by atoms with Gasteiger partial charge in [-0.05, 0) is 96.3 Å². The summed E-state index contributed by atoms with van der Waals surface area (Å²) in [5.74, 6) is -0.454. The Labute approximate surface area is 359 Å². The predicted octanol–water partition coefficient (Wildman–Crippen LogP) is 16.1. The maximum absolute atomic E-state index is 12.7. The SMILES string of the molecule is CC/C=C\C/C=C\C/C=C\C/C=C\C/C=C\CCCCCC(=O)OCC(COCCCCCCCCCC)OC(=O)CCCCCCC/C=C\C/C=C\CCCCC. The van der Waals surface area contributed by atoms with Crippen LogP contribution in [-0.2, 0) is 23.8 Å². The molecule has 0 bridgehead atoms. The van der Waals surface area contributed by atoms with Crippen molar-refractivity contribution in [3.05, 3.63) is 85.1 Å². The standard InChI is InChI=1S/C53H90O5/c1-4-7-10-13-16-19-21-23-25-26-27-28-30-31-33-35-37-40-43-46-52(54)57-50-51(49-56-48-45-42-39-18-15-12-9-6-3)58-53(55)47-44-41-38-36-34-32-29-24-22-20-17-14-11-8-5-2/h7,10,16-17,19-20,23-25,27-29,31,33,51H,4-6,8-9,11-15,18,21-22,26,30,32,34-50H2,1-3H3/b10-7-,19-16-,20-17-,25-23-,28-27-,29-24-,33-31-. The van der Waals surface area contributed by atoms with Gasteiger partial charge in [0.25, 0.3) is 0 Å². The number of hydrogen-bond donors (Lipinski definition) is 0. The topological polar surface area (TPSA) is 61.8 Å². The van der Waals surface area contributed by atoms with Gasteiger partial charge < -0.3 is 14.2 Å². The quantitative estimate of drug-likeness (QED) is 0.0349. The summed E-state index contributed by atoms with van der Waals surface area (Å²) < 4.78 is 17.3. The third kappa shape index (κ3) is 45.8. The van der Waals surface area contributed by atoms with Gasteiger partial charge in [0, 0.05) is 19.4 Å². The average molecular weight is 807 g/mol. The predicted molar refractivity (Wildman–Crippen MR) is 251 cm³/mol. The van der Waals surface area contributed by atoms with E-state index in [-0.39, 0.29) is 25.2 Å². The van der Waals surface area contributed by atoms with Gasteiger partial charge in [-0.3, -0.25) is 9.59 Å². The molecule has 0 rings (SSSR count). The van der Waals surface area contributed by atoms with Crippen LogP contribution >= 0.6 is 0 Å². The maximum Gasteiger partial charge on any atom is 0.306 e. The number of ether oxygens (including phenoxy) is 3. The molecule has 0 radical (unpaired) electrons. The summed E-state index contributed by atoms with van der Waals surface area (Å²) in [4.78, 5) is 25.3. The fourth-order valence-corrected chi connectivity index (χ4v) is 6.33. The van der Waals surface area contributed by atoms with E-state index in [1.165, 1.54) is 77.0 Å². The minimum absolute atomic E-state index is 0.0597. The van der Waals surface area contributed by atoms with Crippen molar-refractivity contribution < 1.29 is 23.8 Å². The first kappa shape index (κ1) is 55.1. The van der Waals surface area contributed by atoms with Gasteiger partial charge in [-0.1, -0.05) is 189 Å². The molecule has 332 valence electrons. The second-order valence-electron chi connectivity index (χ2n) is 15.6. The second kappa shape index (κ2) is 48.4. The third-order valence-corrected chi connectivity index (χ3v) is 9.92. The molecule has 0 fully saturated rings. The van der Waals surface area contributed by atoms with Gasteiger partial charge in [0.05, 0.1) is 6.61 Å². The van der Waals surface area contributed by atoms with E-state index < -0.39 is 6.10 Å². The van der Waals surface area contributed by atoms with Crippen molar-refractivity contribution in [2.45, 2.75) is 219 Å². The van der Waals surface area contributed by atoms with E-state index in [1.54, 1.807) is 0 Å². The van der Waals surface area contributed by atoms with Crippen molar-refractivity contribution >= 4 is 11.9 Å². The molecular weight excluding hydrogens is 717 g/mol. The lowest BCUT2D eigenvalue weighted by atomic mass is 10.1. The van der Waals surface area contributed by atoms with Crippen LogP contribution in [-0.4, -0.2) is 37.9 Å². The first-order chi connectivity index (χ1) is 28.6. The van der Waals surface area contributed by atoms with E-state index in [1.807, 2.05) is 0 Å². The zero-order chi connectivity index (χ0) is 42.1. The van der Waals surface area contributed by atoms with E-state index in [9.17, 15) is 9.59 Å². The molecule has 0 aromatic carbocycles. The van der Waals surface area contributed by atoms with Gasteiger partial charge >= 0.3 is 11.9 Å². The van der Waals surface area contributed by atoms with E-state index >= 15 is 0 Å². The van der Waals surface area contributed by atoms with Crippen molar-refractivity contribution in [1.29, 1.82) is 0 Å². The Morgan fingerprint density at radius 1 is 0.397 bits per heavy atom. The number of allylic oxidation sites excluding steroid dienone is 14. The van der Waals surface area contributed by atoms with Crippen LogP contribution < -0.4 is 0 Å². The Bertz CT molecular complexity index is 1090. The van der Waals surface area contributed by atoms with E-state index in [0.717, 1.165) is 103 Å². The van der Waals surface area contributed by atoms with Crippen molar-refractivity contribution in [2.24, 2.45) is 0 Å². The van der Waals surface area contributed by atoms with Crippen molar-refractivity contribution in [1.82, 2.24) is 0 Å². The molecule has 58 heavy (non-hydrogen) atoms. The summed E-state index contributed by atoms with van der Waals surface area (Å²) >= 11 is 0. The van der Waals surface area contributed by atoms with Crippen LogP contribution in [0.1, 0.15) is 213 Å². The number of carbonyl (C=O) groups is 2. The maximum atomic E-state index is 12.7. The fourth-order valence-electron chi connectivity index (χ4n) is 6.33. The zero-order valence-corrected chi connectivity index (χ0v) is 38.0. The summed E-state index contributed by atoms with van der Waals surface area (Å²) in [5.41, 5.74) is 0. The summed E-state index contributed by atoms with van der Waals surface area (Å²) in [6.07, 6.45) is 63.0. The van der Waals surface area contributed by atoms with Crippen LogP contribution in [0.4, 0.5) is 0 Å². The molecule has 0 N–H and O–H groups in total. The highest BCUT2D eigenvalue weighted by Crippen LogP contribution is 2.12. The lowest BCUT2D eigenvalue weighted by Gasteiger charge is -2.18. The van der Waals surface area contributed by atoms with Crippen molar-refractivity contribution in [3.63, 3.8) is 0 Å². The van der Waals surface area contributed by atoms with Crippen LogP contribution in [0.3, 0.4) is 0 Å². The van der Waals surface area contributed by atoms with Crippen LogP contribution in [0.5, 0.6) is 0 Å². The molecule has 1 atom stereocenters. The fraction of sp³-hybridized carbons (Fsp3) is 0.698. The van der Waals surface area contributed by atoms with Crippen LogP contribution in [0, 0.1) is 0 Å². The molecular formula is C53H90O5. The van der Waals surface area contributed by atoms with Gasteiger partial charge in [0.2, 0.25) is 0 Å². The Balaban J connectivity index is 4.28. The van der Waals surface area contributed by atoms with Crippen molar-refractivity contribution in [3.8, 4) is 0 Å². The minimum atomic E-state index is -0.557. The van der Waals surface area contributed by atoms with Gasteiger partial charge in [-0.15, -0.1) is 0 Å². The molecule has 5 heteroatoms. The molecule has 1 unspecified atom stereocenters. The van der Waals surface area contributed by atoms with Crippen molar-refractivity contribution in [2.75, 3.05) is 19.8 Å². The summed E-state index contributed by atoms with van der Waals surface area (Å²) in [6.45, 7) is 7.61. The monoisotopic (exact) mass is 807 g/mol. The highest BCUT2D eigenvalue weighted by Gasteiger charge is 2.17. The molecule has 0 aliphatic heterocycles. The third-order valence-electron chi connectivity index (χ3n) is 9.92. The van der Waals surface area contributed by atoms with E-state index in [4.69, 9.17) is 14.2 Å². The first-order valence-electron chi connectivity index (χ1n) is 24.1. The molecule has 0 saturated carbocycles. The summed E-state index contributed by atoms with van der Waals surface area (Å²) in [7, 11) is 0. The number of carbonyl (C=O) groups excluding carboxylic acids is 2. The Hall–Kier alpha value is -2.92. The minimum Gasteiger partial charge on any atom is -0.462 e. The summed E-state index contributed by atoms with van der Waals surface area (Å²) in [6, 6.07) is 0. The Morgan fingerprint density at radius 3 is 1.29 bits per heavy atom. The lowest BCUT2D eigenvalue weighted by Crippen LogP contribution is -2.30. The number of unbranched alkanes of at least 4 members (excludes halogenated alkanes) is 18. The molecule has 0 amide bonds. The zero-order valence-electron chi connectivity index (χ0n) is 38.0. The number of rotatable bonds is 43. The lowest BCUT2D eigenvalue weighted by molar-refractivity contribution is -0.163. The van der Waals surface area contributed by atoms with Gasteiger partial charge in [-0.25, -0.2) is 0 Å². The van der Waals surface area contributed by atoms with Crippen LogP contribution in [0.2, 0.25) is 0 Å². The Morgan fingerprint density at radius 2 is 0.776 bits per heavy atom. The molecule has 5 nitrogen and oxygen atoms in total. The highest BCUT2D eigenvalue weighted by molar-refractivity contribution is 5.70. The Kier molecular flexibility index (Phi) is 46.0. The van der Waals surface area contributed by atoms with Crippen LogP contribution in [0.25, 0.3) is 0 Å². The van der Waals surface area contributed by atoms with Gasteiger partial charge in [0.15, 0.2) is 6.10 Å². The molecule has 0 aliphatic carbocycles.